The summed E-state index contributed by atoms with van der Waals surface area (Å²) in [6.45, 7) is 5.36. The largest absolute Gasteiger partial charge is 0.378 e. The van der Waals surface area contributed by atoms with Crippen molar-refractivity contribution >= 4 is 5.84 Å². The van der Waals surface area contributed by atoms with E-state index in [0.717, 1.165) is 13.1 Å². The summed E-state index contributed by atoms with van der Waals surface area (Å²) in [4.78, 5) is 8.28. The molecule has 98 valence electrons. The molecule has 2 rings (SSSR count). The van der Waals surface area contributed by atoms with Gasteiger partial charge in [-0.2, -0.15) is 10.5 Å². The maximum atomic E-state index is 9.13. The molecule has 6 nitrogen and oxygen atoms in total. The zero-order chi connectivity index (χ0) is 13.7. The van der Waals surface area contributed by atoms with Gasteiger partial charge in [0.15, 0.2) is 11.4 Å². The van der Waals surface area contributed by atoms with Crippen molar-refractivity contribution in [2.75, 3.05) is 32.8 Å². The molecule has 0 aromatic rings. The van der Waals surface area contributed by atoms with E-state index in [9.17, 15) is 0 Å². The first-order chi connectivity index (χ1) is 9.31. The van der Waals surface area contributed by atoms with Crippen molar-refractivity contribution in [1.29, 1.82) is 10.5 Å². The molecule has 6 heteroatoms. The molecule has 19 heavy (non-hydrogen) atoms. The lowest BCUT2D eigenvalue weighted by Gasteiger charge is -2.35. The smallest absolute Gasteiger partial charge is 0.157 e. The van der Waals surface area contributed by atoms with Gasteiger partial charge in [-0.25, -0.2) is 4.99 Å². The molecular weight excluding hydrogens is 242 g/mol. The van der Waals surface area contributed by atoms with Crippen LogP contribution in [0.4, 0.5) is 0 Å². The Balaban J connectivity index is 2.42. The SMILES string of the molecule is CCN1C=CN=C(N2CCOCC2)C1=C(C#N)C#N. The second-order valence-corrected chi connectivity index (χ2v) is 4.08. The van der Waals surface area contributed by atoms with Gasteiger partial charge in [0, 0.05) is 32.0 Å². The van der Waals surface area contributed by atoms with Crippen molar-refractivity contribution in [3.05, 3.63) is 23.7 Å². The molecule has 1 fully saturated rings. The van der Waals surface area contributed by atoms with Crippen LogP contribution in [0.15, 0.2) is 28.7 Å². The first-order valence-corrected chi connectivity index (χ1v) is 6.20. The molecular formula is C13H15N5O. The number of aliphatic imine (C=N–C) groups is 1. The second kappa shape index (κ2) is 6.03. The molecule has 0 amide bonds. The number of allylic oxidation sites excluding steroid dienone is 1. The number of morpholine rings is 1. The lowest BCUT2D eigenvalue weighted by Crippen LogP contribution is -2.45. The van der Waals surface area contributed by atoms with Gasteiger partial charge in [-0.15, -0.1) is 0 Å². The summed E-state index contributed by atoms with van der Waals surface area (Å²) >= 11 is 0. The lowest BCUT2D eigenvalue weighted by molar-refractivity contribution is 0.0676. The number of hydrogen-bond acceptors (Lipinski definition) is 6. The van der Waals surface area contributed by atoms with Crippen LogP contribution in [-0.4, -0.2) is 48.5 Å². The van der Waals surface area contributed by atoms with Gasteiger partial charge in [-0.05, 0) is 6.92 Å². The molecule has 2 aliphatic heterocycles. The van der Waals surface area contributed by atoms with Gasteiger partial charge in [0.2, 0.25) is 0 Å². The molecule has 0 aliphatic carbocycles. The number of rotatable bonds is 1. The fourth-order valence-corrected chi connectivity index (χ4v) is 2.10. The predicted molar refractivity (Wildman–Crippen MR) is 69.6 cm³/mol. The Morgan fingerprint density at radius 1 is 1.37 bits per heavy atom. The van der Waals surface area contributed by atoms with Gasteiger partial charge >= 0.3 is 0 Å². The minimum atomic E-state index is 0.0939. The third-order valence-corrected chi connectivity index (χ3v) is 3.05. The number of nitrogens with zero attached hydrogens (tertiary/aromatic N) is 5. The van der Waals surface area contributed by atoms with E-state index in [1.165, 1.54) is 0 Å². The van der Waals surface area contributed by atoms with Crippen molar-refractivity contribution in [1.82, 2.24) is 9.80 Å². The van der Waals surface area contributed by atoms with Crippen molar-refractivity contribution in [2.45, 2.75) is 6.92 Å². The van der Waals surface area contributed by atoms with E-state index in [1.54, 1.807) is 12.4 Å². The molecule has 0 spiro atoms. The molecule has 0 unspecified atom stereocenters. The summed E-state index contributed by atoms with van der Waals surface area (Å²) in [5, 5.41) is 18.3. The Kier molecular flexibility index (Phi) is 4.17. The molecule has 2 aliphatic rings. The van der Waals surface area contributed by atoms with Crippen LogP contribution in [0.25, 0.3) is 0 Å². The van der Waals surface area contributed by atoms with Crippen LogP contribution in [0.3, 0.4) is 0 Å². The van der Waals surface area contributed by atoms with E-state index in [2.05, 4.69) is 9.89 Å². The number of likely N-dealkylation sites (N-methyl/N-ethyl adjacent to an activating group) is 1. The number of hydrogen-bond donors (Lipinski definition) is 0. The Bertz CT molecular complexity index is 498. The summed E-state index contributed by atoms with van der Waals surface area (Å²) in [5.74, 6) is 0.686. The van der Waals surface area contributed by atoms with Crippen LogP contribution >= 0.6 is 0 Å². The standard InChI is InChI=1S/C13H15N5O/c1-2-17-4-3-16-13(12(17)11(9-14)10-15)18-5-7-19-8-6-18/h3-4H,2,5-8H2,1H3. The van der Waals surface area contributed by atoms with E-state index in [0.29, 0.717) is 31.3 Å². The predicted octanol–water partition coefficient (Wildman–Crippen LogP) is 0.825. The minimum Gasteiger partial charge on any atom is -0.378 e. The number of nitriles is 2. The molecule has 0 aromatic carbocycles. The fraction of sp³-hybridized carbons (Fsp3) is 0.462. The molecule has 0 saturated carbocycles. The van der Waals surface area contributed by atoms with Gasteiger partial charge < -0.3 is 14.5 Å². The van der Waals surface area contributed by atoms with E-state index in [4.69, 9.17) is 15.3 Å². The maximum Gasteiger partial charge on any atom is 0.157 e. The maximum absolute atomic E-state index is 9.13. The van der Waals surface area contributed by atoms with Crippen LogP contribution in [0.5, 0.6) is 0 Å². The quantitative estimate of drug-likeness (QED) is 0.650. The van der Waals surface area contributed by atoms with Gasteiger partial charge in [-0.3, -0.25) is 0 Å². The average molecular weight is 257 g/mol. The van der Waals surface area contributed by atoms with Crippen molar-refractivity contribution in [3.63, 3.8) is 0 Å². The van der Waals surface area contributed by atoms with Crippen LogP contribution < -0.4 is 0 Å². The highest BCUT2D eigenvalue weighted by Gasteiger charge is 2.26. The van der Waals surface area contributed by atoms with Gasteiger partial charge in [0.25, 0.3) is 0 Å². The Morgan fingerprint density at radius 3 is 2.63 bits per heavy atom. The highest BCUT2D eigenvalue weighted by Crippen LogP contribution is 2.20. The fourth-order valence-electron chi connectivity index (χ4n) is 2.10. The van der Waals surface area contributed by atoms with Crippen LogP contribution in [0, 0.1) is 22.7 Å². The van der Waals surface area contributed by atoms with E-state index >= 15 is 0 Å². The summed E-state index contributed by atoms with van der Waals surface area (Å²) in [7, 11) is 0. The van der Waals surface area contributed by atoms with Crippen LogP contribution in [0.1, 0.15) is 6.92 Å². The van der Waals surface area contributed by atoms with E-state index < -0.39 is 0 Å². The second-order valence-electron chi connectivity index (χ2n) is 4.08. The van der Waals surface area contributed by atoms with Gasteiger partial charge in [0.05, 0.1) is 13.2 Å². The highest BCUT2D eigenvalue weighted by atomic mass is 16.5. The summed E-state index contributed by atoms with van der Waals surface area (Å²) < 4.78 is 5.32. The van der Waals surface area contributed by atoms with Crippen molar-refractivity contribution in [2.24, 2.45) is 4.99 Å². The number of amidine groups is 1. The molecule has 0 radical (unpaired) electrons. The monoisotopic (exact) mass is 257 g/mol. The molecule has 0 bridgehead atoms. The lowest BCUT2D eigenvalue weighted by atomic mass is 10.1. The normalized spacial score (nSPS) is 18.7. The summed E-state index contributed by atoms with van der Waals surface area (Å²) in [6, 6.07) is 3.92. The number of ether oxygens (including phenoxy) is 1. The third-order valence-electron chi connectivity index (χ3n) is 3.05. The molecule has 0 atom stereocenters. The van der Waals surface area contributed by atoms with Gasteiger partial charge in [-0.1, -0.05) is 0 Å². The van der Waals surface area contributed by atoms with Crippen molar-refractivity contribution in [3.8, 4) is 12.1 Å². The van der Waals surface area contributed by atoms with Crippen LogP contribution in [0.2, 0.25) is 0 Å². The molecule has 2 heterocycles. The topological polar surface area (TPSA) is 75.7 Å². The zero-order valence-electron chi connectivity index (χ0n) is 10.8. The Morgan fingerprint density at radius 2 is 2.05 bits per heavy atom. The van der Waals surface area contributed by atoms with E-state index in [1.807, 2.05) is 24.0 Å². The van der Waals surface area contributed by atoms with Crippen LogP contribution in [-0.2, 0) is 4.74 Å². The van der Waals surface area contributed by atoms with Gasteiger partial charge in [0.1, 0.15) is 17.8 Å². The minimum absolute atomic E-state index is 0.0939. The average Bonchev–Trinajstić information content (AvgIpc) is 2.49. The first-order valence-electron chi connectivity index (χ1n) is 6.20. The van der Waals surface area contributed by atoms with E-state index in [-0.39, 0.29) is 5.57 Å². The highest BCUT2D eigenvalue weighted by molar-refractivity contribution is 6.01. The zero-order valence-corrected chi connectivity index (χ0v) is 10.8. The summed E-state index contributed by atoms with van der Waals surface area (Å²) in [6.07, 6.45) is 3.48. The Hall–Kier alpha value is -2.31. The van der Waals surface area contributed by atoms with Crippen molar-refractivity contribution < 1.29 is 4.74 Å². The molecule has 0 N–H and O–H groups in total. The Labute approximate surface area is 112 Å². The summed E-state index contributed by atoms with van der Waals surface area (Å²) in [5.41, 5.74) is 0.688. The molecule has 1 saturated heterocycles. The first kappa shape index (κ1) is 13.1. The molecule has 0 aromatic heterocycles. The third kappa shape index (κ3) is 2.59.